The quantitative estimate of drug-likeness (QED) is 0.776. The van der Waals surface area contributed by atoms with Gasteiger partial charge in [0.25, 0.3) is 5.91 Å². The van der Waals surface area contributed by atoms with Gasteiger partial charge < -0.3 is 10.6 Å². The third-order valence-corrected chi connectivity index (χ3v) is 5.63. The predicted octanol–water partition coefficient (Wildman–Crippen LogP) is 4.65. The van der Waals surface area contributed by atoms with Crippen LogP contribution in [0.15, 0.2) is 65.1 Å². The highest BCUT2D eigenvalue weighted by Crippen LogP contribution is 2.42. The summed E-state index contributed by atoms with van der Waals surface area (Å²) in [4.78, 5) is 30.4. The van der Waals surface area contributed by atoms with Crippen LogP contribution in [-0.2, 0) is 9.59 Å². The molecule has 2 heterocycles. The number of amides is 1. The second-order valence-corrected chi connectivity index (χ2v) is 7.93. The number of carbonyl (C=O) groups excluding carboxylic acids is 2. The van der Waals surface area contributed by atoms with E-state index < -0.39 is 5.92 Å². The fraction of sp³-hybridized carbons (Fsp3) is 0.261. The number of anilines is 1. The maximum absolute atomic E-state index is 13.3. The molecule has 1 amide bonds. The molecule has 5 nitrogen and oxygen atoms in total. The van der Waals surface area contributed by atoms with Crippen molar-refractivity contribution < 1.29 is 9.59 Å². The van der Waals surface area contributed by atoms with Crippen LogP contribution in [0.4, 0.5) is 5.82 Å². The maximum Gasteiger partial charge on any atom is 0.255 e. The number of benzene rings is 1. The normalized spacial score (nSPS) is 19.0. The van der Waals surface area contributed by atoms with Gasteiger partial charge in [-0.25, -0.2) is 4.98 Å². The van der Waals surface area contributed by atoms with Gasteiger partial charge in [0, 0.05) is 46.1 Å². The average Bonchev–Trinajstić information content (AvgIpc) is 2.69. The Balaban J connectivity index is 1.77. The summed E-state index contributed by atoms with van der Waals surface area (Å²) in [5.74, 6) is -0.131. The lowest BCUT2D eigenvalue weighted by molar-refractivity contribution is -0.116. The smallest absolute Gasteiger partial charge is 0.255 e. The highest BCUT2D eigenvalue weighted by Gasteiger charge is 2.38. The lowest BCUT2D eigenvalue weighted by Crippen LogP contribution is -2.35. The third kappa shape index (κ3) is 3.83. The fourth-order valence-corrected chi connectivity index (χ4v) is 4.12. The van der Waals surface area contributed by atoms with Crippen molar-refractivity contribution in [3.8, 4) is 0 Å². The van der Waals surface area contributed by atoms with Gasteiger partial charge in [-0.2, -0.15) is 0 Å². The van der Waals surface area contributed by atoms with Gasteiger partial charge in [0.05, 0.1) is 0 Å². The number of allylic oxidation sites excluding steroid dienone is 3. The molecule has 1 atom stereocenters. The minimum absolute atomic E-state index is 0.0879. The van der Waals surface area contributed by atoms with E-state index in [1.807, 2.05) is 32.0 Å². The zero-order valence-electron chi connectivity index (χ0n) is 16.4. The molecule has 0 saturated carbocycles. The molecule has 2 aliphatic rings. The number of hydrogen-bond acceptors (Lipinski definition) is 4. The van der Waals surface area contributed by atoms with E-state index in [2.05, 4.69) is 15.6 Å². The largest absolute Gasteiger partial charge is 0.362 e. The highest BCUT2D eigenvalue weighted by atomic mass is 35.5. The molecule has 2 N–H and O–H groups in total. The Bertz CT molecular complexity index is 1040. The molecule has 148 valence electrons. The Morgan fingerprint density at radius 1 is 1.14 bits per heavy atom. The summed E-state index contributed by atoms with van der Waals surface area (Å²) in [5, 5.41) is 6.81. The van der Waals surface area contributed by atoms with Gasteiger partial charge in [0.15, 0.2) is 5.78 Å². The number of aromatic nitrogens is 1. The maximum atomic E-state index is 13.3. The van der Waals surface area contributed by atoms with Crippen molar-refractivity contribution in [2.45, 2.75) is 39.0 Å². The van der Waals surface area contributed by atoms with Crippen LogP contribution >= 0.6 is 11.6 Å². The van der Waals surface area contributed by atoms with Gasteiger partial charge in [0.2, 0.25) is 0 Å². The van der Waals surface area contributed by atoms with Crippen LogP contribution < -0.4 is 10.6 Å². The Morgan fingerprint density at radius 2 is 1.90 bits per heavy atom. The van der Waals surface area contributed by atoms with E-state index in [-0.39, 0.29) is 11.7 Å². The number of hydrogen-bond donors (Lipinski definition) is 2. The van der Waals surface area contributed by atoms with Crippen molar-refractivity contribution in [3.05, 3.63) is 81.3 Å². The first-order valence-electron chi connectivity index (χ1n) is 9.67. The second kappa shape index (κ2) is 7.84. The van der Waals surface area contributed by atoms with Gasteiger partial charge >= 0.3 is 0 Å². The number of aryl methyl sites for hydroxylation is 1. The average molecular weight is 408 g/mol. The molecule has 1 unspecified atom stereocenters. The predicted molar refractivity (Wildman–Crippen MR) is 114 cm³/mol. The zero-order valence-corrected chi connectivity index (χ0v) is 17.1. The molecule has 29 heavy (non-hydrogen) atoms. The molecular formula is C23H22ClN3O2. The number of dihydropyridines is 1. The van der Waals surface area contributed by atoms with E-state index in [0.29, 0.717) is 28.4 Å². The molecule has 0 fully saturated rings. The van der Waals surface area contributed by atoms with Crippen LogP contribution in [0.1, 0.15) is 43.2 Å². The SMILES string of the molecule is CC1=C(C(=O)Nc2ccc(C)cn2)C(c2ccc(Cl)cc2)C2=C(CCCC2=O)N1. The van der Waals surface area contributed by atoms with Gasteiger partial charge in [0.1, 0.15) is 5.82 Å². The highest BCUT2D eigenvalue weighted by molar-refractivity contribution is 6.30. The summed E-state index contributed by atoms with van der Waals surface area (Å²) in [6.07, 6.45) is 3.83. The number of nitrogens with zero attached hydrogens (tertiary/aromatic N) is 1. The molecule has 1 aliphatic heterocycles. The van der Waals surface area contributed by atoms with Crippen molar-refractivity contribution in [2.75, 3.05) is 5.32 Å². The van der Waals surface area contributed by atoms with Crippen LogP contribution in [0.2, 0.25) is 5.02 Å². The van der Waals surface area contributed by atoms with Gasteiger partial charge in [-0.15, -0.1) is 0 Å². The molecule has 0 saturated heterocycles. The van der Waals surface area contributed by atoms with Gasteiger partial charge in [-0.3, -0.25) is 9.59 Å². The Labute approximate surface area is 174 Å². The number of Topliss-reactive ketones (excluding diaryl/α,β-unsaturated/α-hetero) is 1. The monoisotopic (exact) mass is 407 g/mol. The minimum atomic E-state index is -0.429. The number of rotatable bonds is 3. The van der Waals surface area contributed by atoms with Crippen LogP contribution in [0.3, 0.4) is 0 Å². The number of carbonyl (C=O) groups is 2. The lowest BCUT2D eigenvalue weighted by atomic mass is 9.75. The molecule has 1 aliphatic carbocycles. The van der Waals surface area contributed by atoms with Gasteiger partial charge in [-0.05, 0) is 56.0 Å². The number of halogens is 1. The standard InChI is InChI=1S/C23H22ClN3O2/c1-13-6-11-19(25-12-13)27-23(29)20-14(2)26-17-4-3-5-18(28)22(17)21(20)15-7-9-16(24)10-8-15/h6-12,21,26H,3-5H2,1-2H3,(H,25,27,29). The first-order valence-corrected chi connectivity index (χ1v) is 10.1. The van der Waals surface area contributed by atoms with E-state index >= 15 is 0 Å². The van der Waals surface area contributed by atoms with Gasteiger partial charge in [-0.1, -0.05) is 29.8 Å². The zero-order chi connectivity index (χ0) is 20.5. The molecule has 0 radical (unpaired) electrons. The van der Waals surface area contributed by atoms with E-state index in [1.54, 1.807) is 24.4 Å². The molecule has 0 spiro atoms. The number of ketones is 1. The van der Waals surface area contributed by atoms with Crippen LogP contribution in [-0.4, -0.2) is 16.7 Å². The van der Waals surface area contributed by atoms with Crippen molar-refractivity contribution in [1.29, 1.82) is 0 Å². The summed E-state index contributed by atoms with van der Waals surface area (Å²) < 4.78 is 0. The minimum Gasteiger partial charge on any atom is -0.362 e. The first-order chi connectivity index (χ1) is 13.9. The van der Waals surface area contributed by atoms with E-state index in [9.17, 15) is 9.59 Å². The van der Waals surface area contributed by atoms with Crippen molar-refractivity contribution in [2.24, 2.45) is 0 Å². The summed E-state index contributed by atoms with van der Waals surface area (Å²) in [6.45, 7) is 3.82. The first kappa shape index (κ1) is 19.4. The van der Waals surface area contributed by atoms with Crippen molar-refractivity contribution in [1.82, 2.24) is 10.3 Å². The Morgan fingerprint density at radius 3 is 2.59 bits per heavy atom. The Hall–Kier alpha value is -2.92. The molecule has 1 aromatic carbocycles. The second-order valence-electron chi connectivity index (χ2n) is 7.49. The van der Waals surface area contributed by atoms with Crippen molar-refractivity contribution >= 4 is 29.1 Å². The van der Waals surface area contributed by atoms with Crippen molar-refractivity contribution in [3.63, 3.8) is 0 Å². The summed E-state index contributed by atoms with van der Waals surface area (Å²) in [5.41, 5.74) is 4.78. The van der Waals surface area contributed by atoms with Crippen LogP contribution in [0.5, 0.6) is 0 Å². The lowest BCUT2D eigenvalue weighted by Gasteiger charge is -2.34. The van der Waals surface area contributed by atoms with Crippen LogP contribution in [0, 0.1) is 6.92 Å². The molecule has 1 aromatic heterocycles. The number of nitrogens with one attached hydrogen (secondary N) is 2. The molecule has 0 bridgehead atoms. The van der Waals surface area contributed by atoms with E-state index in [0.717, 1.165) is 35.4 Å². The molecule has 2 aromatic rings. The summed E-state index contributed by atoms with van der Waals surface area (Å²) in [6, 6.07) is 11.0. The third-order valence-electron chi connectivity index (χ3n) is 5.38. The van der Waals surface area contributed by atoms with Crippen LogP contribution in [0.25, 0.3) is 0 Å². The van der Waals surface area contributed by atoms with E-state index in [1.165, 1.54) is 0 Å². The summed E-state index contributed by atoms with van der Waals surface area (Å²) in [7, 11) is 0. The molecule has 6 heteroatoms. The van der Waals surface area contributed by atoms with E-state index in [4.69, 9.17) is 11.6 Å². The molecule has 4 rings (SSSR count). The number of pyridine rings is 1. The Kier molecular flexibility index (Phi) is 5.24. The fourth-order valence-electron chi connectivity index (χ4n) is 4.00. The molecular weight excluding hydrogens is 386 g/mol. The topological polar surface area (TPSA) is 71.1 Å². The summed E-state index contributed by atoms with van der Waals surface area (Å²) >= 11 is 6.07.